The summed E-state index contributed by atoms with van der Waals surface area (Å²) in [5.41, 5.74) is 3.33. The molecule has 1 fully saturated rings. The summed E-state index contributed by atoms with van der Waals surface area (Å²) in [6.45, 7) is 8.51. The maximum atomic E-state index is 13.5. The summed E-state index contributed by atoms with van der Waals surface area (Å²) < 4.78 is 6.75. The van der Waals surface area contributed by atoms with E-state index in [1.807, 2.05) is 50.2 Å². The monoisotopic (exact) mass is 542 g/mol. The number of ether oxygens (including phenoxy) is 1. The first-order valence-electron chi connectivity index (χ1n) is 12.9. The van der Waals surface area contributed by atoms with Crippen LogP contribution in [0.25, 0.3) is 0 Å². The van der Waals surface area contributed by atoms with Crippen LogP contribution in [0.15, 0.2) is 46.9 Å². The van der Waals surface area contributed by atoms with Crippen LogP contribution in [0.2, 0.25) is 0 Å². The van der Waals surface area contributed by atoms with Crippen LogP contribution < -0.4 is 10.1 Å². The Bertz CT molecular complexity index is 1000. The summed E-state index contributed by atoms with van der Waals surface area (Å²) >= 11 is 3.57. The Morgan fingerprint density at radius 1 is 1.11 bits per heavy atom. The Balaban J connectivity index is 1.77. The minimum Gasteiger partial charge on any atom is -0.483 e. The zero-order valence-corrected chi connectivity index (χ0v) is 23.1. The molecule has 0 spiro atoms. The van der Waals surface area contributed by atoms with Crippen molar-refractivity contribution < 1.29 is 14.3 Å². The van der Waals surface area contributed by atoms with Crippen molar-refractivity contribution in [2.24, 2.45) is 0 Å². The Kier molecular flexibility index (Phi) is 10.2. The van der Waals surface area contributed by atoms with Crippen molar-refractivity contribution in [1.82, 2.24) is 10.2 Å². The molecule has 0 saturated heterocycles. The van der Waals surface area contributed by atoms with E-state index in [1.54, 1.807) is 4.90 Å². The number of hydrogen-bond acceptors (Lipinski definition) is 3. The number of hydrogen-bond donors (Lipinski definition) is 1. The first kappa shape index (κ1) is 27.3. The molecule has 3 rings (SSSR count). The van der Waals surface area contributed by atoms with E-state index in [-0.39, 0.29) is 24.5 Å². The van der Waals surface area contributed by atoms with Gasteiger partial charge in [0.15, 0.2) is 6.61 Å². The van der Waals surface area contributed by atoms with Gasteiger partial charge in [-0.05, 0) is 71.3 Å². The Labute approximate surface area is 218 Å². The number of halogens is 1. The second-order valence-electron chi connectivity index (χ2n) is 9.91. The van der Waals surface area contributed by atoms with E-state index in [0.717, 1.165) is 41.3 Å². The first-order valence-corrected chi connectivity index (χ1v) is 13.7. The molecule has 0 heterocycles. The van der Waals surface area contributed by atoms with Crippen LogP contribution in [-0.2, 0) is 16.1 Å². The number of aryl methyl sites for hydroxylation is 1. The molecule has 2 amide bonds. The van der Waals surface area contributed by atoms with Gasteiger partial charge in [0.1, 0.15) is 11.8 Å². The summed E-state index contributed by atoms with van der Waals surface area (Å²) in [7, 11) is 0. The van der Waals surface area contributed by atoms with E-state index < -0.39 is 6.04 Å². The number of nitrogens with one attached hydrogen (secondary N) is 1. The predicted octanol–water partition coefficient (Wildman–Crippen LogP) is 6.52. The van der Waals surface area contributed by atoms with Crippen molar-refractivity contribution in [3.05, 3.63) is 63.6 Å². The fourth-order valence-corrected chi connectivity index (χ4v) is 5.20. The number of rotatable bonds is 10. The third-order valence-electron chi connectivity index (χ3n) is 6.75. The topological polar surface area (TPSA) is 58.6 Å². The van der Waals surface area contributed by atoms with Crippen LogP contribution in [-0.4, -0.2) is 35.4 Å². The van der Waals surface area contributed by atoms with Crippen molar-refractivity contribution in [3.63, 3.8) is 0 Å². The Morgan fingerprint density at radius 3 is 2.49 bits per heavy atom. The second kappa shape index (κ2) is 13.1. The minimum atomic E-state index is -0.541. The highest BCUT2D eigenvalue weighted by Crippen LogP contribution is 2.29. The molecule has 0 bridgehead atoms. The third kappa shape index (κ3) is 7.83. The highest BCUT2D eigenvalue weighted by molar-refractivity contribution is 9.10. The summed E-state index contributed by atoms with van der Waals surface area (Å²) in [5.74, 6) is 0.762. The predicted molar refractivity (Wildman–Crippen MR) is 145 cm³/mol. The van der Waals surface area contributed by atoms with E-state index in [4.69, 9.17) is 4.74 Å². The smallest absolute Gasteiger partial charge is 0.261 e. The average molecular weight is 544 g/mol. The summed E-state index contributed by atoms with van der Waals surface area (Å²) in [6.07, 6.45) is 6.09. The molecule has 0 aliphatic heterocycles. The maximum absolute atomic E-state index is 13.5. The van der Waals surface area contributed by atoms with Gasteiger partial charge in [0.2, 0.25) is 5.91 Å². The Hall–Kier alpha value is -2.34. The zero-order valence-electron chi connectivity index (χ0n) is 21.5. The molecule has 0 radical (unpaired) electrons. The quantitative estimate of drug-likeness (QED) is 0.372. The van der Waals surface area contributed by atoms with Gasteiger partial charge in [-0.3, -0.25) is 9.59 Å². The van der Waals surface area contributed by atoms with Gasteiger partial charge < -0.3 is 15.0 Å². The number of carbonyl (C=O) groups excluding carboxylic acids is 2. The fraction of sp³-hybridized carbons (Fsp3) is 0.517. The molecule has 190 valence electrons. The number of amides is 2. The van der Waals surface area contributed by atoms with Gasteiger partial charge in [-0.2, -0.15) is 0 Å². The van der Waals surface area contributed by atoms with E-state index >= 15 is 0 Å². The first-order chi connectivity index (χ1) is 16.8. The third-order valence-corrected chi connectivity index (χ3v) is 7.37. The number of carbonyl (C=O) groups is 2. The molecule has 1 aliphatic rings. The van der Waals surface area contributed by atoms with Crippen molar-refractivity contribution in [2.75, 3.05) is 6.61 Å². The highest BCUT2D eigenvalue weighted by atomic mass is 79.9. The molecule has 2 aromatic rings. The van der Waals surface area contributed by atoms with Crippen molar-refractivity contribution in [1.29, 1.82) is 0 Å². The van der Waals surface area contributed by atoms with E-state index in [0.29, 0.717) is 24.6 Å². The van der Waals surface area contributed by atoms with E-state index in [9.17, 15) is 9.59 Å². The zero-order chi connectivity index (χ0) is 25.4. The minimum absolute atomic E-state index is 0.0668. The van der Waals surface area contributed by atoms with Crippen LogP contribution in [0, 0.1) is 6.92 Å². The molecule has 2 aromatic carbocycles. The van der Waals surface area contributed by atoms with Crippen LogP contribution in [0.3, 0.4) is 0 Å². The lowest BCUT2D eigenvalue weighted by Crippen LogP contribution is -2.52. The van der Waals surface area contributed by atoms with Crippen molar-refractivity contribution in [3.8, 4) is 5.75 Å². The SMILES string of the molecule is CC[C@@H](C(=O)NC1CCCCC1)N(Cc1cccc(C)c1)C(=O)COc1ccc(C(C)C)cc1Br. The van der Waals surface area contributed by atoms with E-state index in [1.165, 1.54) is 12.0 Å². The standard InChI is InChI=1S/C29H39BrN2O3/c1-5-26(29(34)31-24-12-7-6-8-13-24)32(18-22-11-9-10-21(4)16-22)28(33)19-35-27-15-14-23(20(2)3)17-25(27)30/h9-11,14-17,20,24,26H,5-8,12-13,18-19H2,1-4H3,(H,31,34)/t26-/m0/s1. The van der Waals surface area contributed by atoms with Crippen LogP contribution >= 0.6 is 15.9 Å². The molecule has 1 atom stereocenters. The Morgan fingerprint density at radius 2 is 1.86 bits per heavy atom. The lowest BCUT2D eigenvalue weighted by atomic mass is 9.95. The van der Waals surface area contributed by atoms with Gasteiger partial charge in [0.05, 0.1) is 4.47 Å². The fourth-order valence-electron chi connectivity index (χ4n) is 4.69. The molecule has 1 saturated carbocycles. The molecular weight excluding hydrogens is 504 g/mol. The van der Waals surface area contributed by atoms with Gasteiger partial charge in [-0.1, -0.05) is 75.9 Å². The van der Waals surface area contributed by atoms with Crippen LogP contribution in [0.1, 0.15) is 81.9 Å². The van der Waals surface area contributed by atoms with Crippen molar-refractivity contribution in [2.45, 2.75) is 90.8 Å². The van der Waals surface area contributed by atoms with Crippen LogP contribution in [0.4, 0.5) is 0 Å². The number of nitrogens with zero attached hydrogens (tertiary/aromatic N) is 1. The lowest BCUT2D eigenvalue weighted by Gasteiger charge is -2.32. The molecule has 1 aliphatic carbocycles. The van der Waals surface area contributed by atoms with Crippen LogP contribution in [0.5, 0.6) is 5.75 Å². The summed E-state index contributed by atoms with van der Waals surface area (Å²) in [5, 5.41) is 3.22. The molecule has 1 N–H and O–H groups in total. The molecule has 6 heteroatoms. The second-order valence-corrected chi connectivity index (χ2v) is 10.8. The highest BCUT2D eigenvalue weighted by Gasteiger charge is 2.30. The summed E-state index contributed by atoms with van der Waals surface area (Å²) in [6, 6.07) is 13.7. The molecule has 5 nitrogen and oxygen atoms in total. The average Bonchev–Trinajstić information content (AvgIpc) is 2.83. The van der Waals surface area contributed by atoms with Gasteiger partial charge in [0, 0.05) is 12.6 Å². The summed E-state index contributed by atoms with van der Waals surface area (Å²) in [4.78, 5) is 28.5. The number of benzene rings is 2. The molecule has 0 aromatic heterocycles. The lowest BCUT2D eigenvalue weighted by molar-refractivity contribution is -0.143. The molecular formula is C29H39BrN2O3. The van der Waals surface area contributed by atoms with Gasteiger partial charge in [0.25, 0.3) is 5.91 Å². The normalized spacial score (nSPS) is 15.0. The van der Waals surface area contributed by atoms with Crippen molar-refractivity contribution >= 4 is 27.7 Å². The van der Waals surface area contributed by atoms with Gasteiger partial charge in [-0.15, -0.1) is 0 Å². The van der Waals surface area contributed by atoms with Gasteiger partial charge >= 0.3 is 0 Å². The van der Waals surface area contributed by atoms with E-state index in [2.05, 4.69) is 41.2 Å². The molecule has 0 unspecified atom stereocenters. The maximum Gasteiger partial charge on any atom is 0.261 e. The van der Waals surface area contributed by atoms with Gasteiger partial charge in [-0.25, -0.2) is 0 Å². The molecule has 35 heavy (non-hydrogen) atoms. The largest absolute Gasteiger partial charge is 0.483 e.